The summed E-state index contributed by atoms with van der Waals surface area (Å²) in [5.74, 6) is 1.67. The third kappa shape index (κ3) is 13.5. The van der Waals surface area contributed by atoms with E-state index in [0.29, 0.717) is 0 Å². The van der Waals surface area contributed by atoms with Crippen LogP contribution in [0.1, 0.15) is 211 Å². The highest BCUT2D eigenvalue weighted by molar-refractivity contribution is 7.02. The van der Waals surface area contributed by atoms with Crippen LogP contribution in [-0.2, 0) is 43.3 Å². The number of anilines is 15. The van der Waals surface area contributed by atoms with Crippen molar-refractivity contribution in [2.75, 3.05) is 24.5 Å². The molecule has 12 aromatic carbocycles. The van der Waals surface area contributed by atoms with Gasteiger partial charge in [-0.25, -0.2) is 0 Å². The van der Waals surface area contributed by atoms with Crippen molar-refractivity contribution in [2.45, 2.75) is 209 Å². The molecule has 566 valence electrons. The van der Waals surface area contributed by atoms with Gasteiger partial charge in [0.25, 0.3) is 13.4 Å². The molecule has 4 aliphatic rings. The molecule has 0 saturated carbocycles. The van der Waals surface area contributed by atoms with Crippen LogP contribution in [-0.4, -0.2) is 13.4 Å². The van der Waals surface area contributed by atoms with E-state index in [0.717, 1.165) is 96.4 Å². The van der Waals surface area contributed by atoms with E-state index in [2.05, 4.69) is 439 Å². The number of fused-ring (bicyclic) bond motifs is 8. The van der Waals surface area contributed by atoms with Crippen LogP contribution in [0.25, 0.3) is 0 Å². The van der Waals surface area contributed by atoms with E-state index < -0.39 is 0 Å². The van der Waals surface area contributed by atoms with Gasteiger partial charge in [-0.3, -0.25) is 0 Å². The molecule has 8 heteroatoms. The minimum atomic E-state index is -0.250. The Morgan fingerprint density at radius 2 is 0.536 bits per heavy atom. The standard InChI is InChI=1S/C104H113B2N5O/c1-97(2,3)66-45-49-75(50-46-66)110-87-58-72(103(19,20)21)47-51-83(87)105-85-64-86-93(65-89(85)109(74-38-26-25-27-39-74)90-60-81(61-91(110)95(90)105)107(76-40-28-33-67(53-76)98(4,5)6)77-41-29-34-68(54-77)99(7,8)9)112-94-63-82(108(78-42-30-35-69(55-78)100(10,11)12)79-43-31-36-70(56-79)101(13,14)15)62-92-96(94)106(86)84-52-48-73(104(22,23)24)59-88(84)111(92)80-44-32-37-71(57-80)102(16,17)18/h25-65H,1-24H3. The molecule has 4 aliphatic heterocycles. The van der Waals surface area contributed by atoms with Crippen molar-refractivity contribution in [1.82, 2.24) is 0 Å². The van der Waals surface area contributed by atoms with Gasteiger partial charge in [0.05, 0.1) is 11.4 Å². The second kappa shape index (κ2) is 26.6. The quantitative estimate of drug-likeness (QED) is 0.134. The van der Waals surface area contributed by atoms with Gasteiger partial charge in [0, 0.05) is 86.1 Å². The summed E-state index contributed by atoms with van der Waals surface area (Å²) in [6.07, 6.45) is 0. The lowest BCUT2D eigenvalue weighted by Crippen LogP contribution is -2.64. The smallest absolute Gasteiger partial charge is 0.256 e. The lowest BCUT2D eigenvalue weighted by molar-refractivity contribution is 0.488. The van der Waals surface area contributed by atoms with Gasteiger partial charge in [0.15, 0.2) is 0 Å². The number of hydrogen-bond donors (Lipinski definition) is 0. The summed E-state index contributed by atoms with van der Waals surface area (Å²) in [6, 6.07) is 96.8. The molecule has 0 aromatic heterocycles. The topological polar surface area (TPSA) is 25.4 Å². The molecule has 112 heavy (non-hydrogen) atoms. The van der Waals surface area contributed by atoms with Gasteiger partial charge in [-0.05, 0) is 236 Å². The number of benzene rings is 12. The second-order valence-corrected chi connectivity index (χ2v) is 40.5. The zero-order valence-corrected chi connectivity index (χ0v) is 71.0. The minimum Gasteiger partial charge on any atom is -0.458 e. The highest BCUT2D eigenvalue weighted by Crippen LogP contribution is 2.53. The van der Waals surface area contributed by atoms with Gasteiger partial charge in [-0.1, -0.05) is 287 Å². The van der Waals surface area contributed by atoms with Crippen LogP contribution in [0.4, 0.5) is 85.3 Å². The van der Waals surface area contributed by atoms with E-state index in [1.165, 1.54) is 77.7 Å². The summed E-state index contributed by atoms with van der Waals surface area (Å²) in [6.45, 7) is 55.5. The van der Waals surface area contributed by atoms with Gasteiger partial charge < -0.3 is 29.2 Å². The lowest BCUT2D eigenvalue weighted by Gasteiger charge is -2.46. The van der Waals surface area contributed by atoms with Crippen LogP contribution in [0.15, 0.2) is 249 Å². The van der Waals surface area contributed by atoms with Crippen molar-refractivity contribution in [3.05, 3.63) is 293 Å². The van der Waals surface area contributed by atoms with Crippen LogP contribution in [0.5, 0.6) is 11.5 Å². The molecule has 0 aliphatic carbocycles. The summed E-state index contributed by atoms with van der Waals surface area (Å²) >= 11 is 0. The molecule has 0 bridgehead atoms. The Bertz CT molecular complexity index is 5580. The summed E-state index contributed by atoms with van der Waals surface area (Å²) < 4.78 is 8.13. The molecule has 0 saturated heterocycles. The predicted molar refractivity (Wildman–Crippen MR) is 485 cm³/mol. The number of nitrogens with zero attached hydrogens (tertiary/aromatic N) is 5. The maximum atomic E-state index is 8.13. The van der Waals surface area contributed by atoms with E-state index in [1.54, 1.807) is 0 Å². The Hall–Kier alpha value is -10.4. The van der Waals surface area contributed by atoms with E-state index in [9.17, 15) is 0 Å². The lowest BCUT2D eigenvalue weighted by atomic mass is 9.30. The van der Waals surface area contributed by atoms with Crippen LogP contribution < -0.4 is 62.0 Å². The van der Waals surface area contributed by atoms with Crippen LogP contribution in [0.3, 0.4) is 0 Å². The summed E-state index contributed by atoms with van der Waals surface area (Å²) in [5.41, 5.74) is 33.0. The highest BCUT2D eigenvalue weighted by atomic mass is 16.5. The summed E-state index contributed by atoms with van der Waals surface area (Å²) in [5, 5.41) is 0. The molecule has 0 fully saturated rings. The van der Waals surface area contributed by atoms with Crippen molar-refractivity contribution in [2.24, 2.45) is 0 Å². The second-order valence-electron chi connectivity index (χ2n) is 40.5. The SMILES string of the molecule is CC(C)(C)c1ccc(N2c3cc(C(C)(C)C)ccc3B3c4cc5c(cc4N(c4ccccc4)c4cc(N(c6cccc(C(C)(C)C)c6)c6cccc(C(C)(C)C)c6)cc2c43)Oc2cc(N(c3cccc(C(C)(C)C)c3)c3cccc(C(C)(C)C)c3)cc3c2B5c2ccc(C(C)(C)C)cc2N3c2cccc(C(C)(C)C)c2)cc1. The Kier molecular flexibility index (Phi) is 18.0. The number of hydrogen-bond acceptors (Lipinski definition) is 6. The minimum absolute atomic E-state index is 0.0567. The Labute approximate surface area is 670 Å². The fraction of sp³-hybridized carbons (Fsp3) is 0.308. The first-order valence-electron chi connectivity index (χ1n) is 40.8. The normalized spacial score (nSPS) is 14.1. The molecule has 0 unspecified atom stereocenters. The van der Waals surface area contributed by atoms with E-state index >= 15 is 0 Å². The Morgan fingerprint density at radius 1 is 0.214 bits per heavy atom. The number of rotatable bonds is 9. The summed E-state index contributed by atoms with van der Waals surface area (Å²) in [4.78, 5) is 12.8. The molecule has 16 rings (SSSR count). The highest BCUT2D eigenvalue weighted by Gasteiger charge is 2.49. The molecule has 0 N–H and O–H groups in total. The average molecular weight is 1470 g/mol. The Balaban J connectivity index is 1.03. The fourth-order valence-electron chi connectivity index (χ4n) is 17.4. The average Bonchev–Trinajstić information content (AvgIpc) is 0.684. The molecular weight excluding hydrogens is 1360 g/mol. The molecule has 0 radical (unpaired) electrons. The third-order valence-electron chi connectivity index (χ3n) is 24.0. The van der Waals surface area contributed by atoms with Gasteiger partial charge in [0.1, 0.15) is 11.5 Å². The molecule has 6 nitrogen and oxygen atoms in total. The maximum absolute atomic E-state index is 8.13. The van der Waals surface area contributed by atoms with Gasteiger partial charge >= 0.3 is 0 Å². The molecule has 0 amide bonds. The number of para-hydroxylation sites is 1. The van der Waals surface area contributed by atoms with Crippen molar-refractivity contribution >= 4 is 132 Å². The largest absolute Gasteiger partial charge is 0.458 e. The van der Waals surface area contributed by atoms with Crippen LogP contribution in [0.2, 0.25) is 0 Å². The first-order valence-corrected chi connectivity index (χ1v) is 40.8. The van der Waals surface area contributed by atoms with Crippen LogP contribution >= 0.6 is 0 Å². The zero-order chi connectivity index (χ0) is 79.6. The van der Waals surface area contributed by atoms with Crippen molar-refractivity contribution < 1.29 is 4.74 Å². The molecule has 0 spiro atoms. The van der Waals surface area contributed by atoms with E-state index in [4.69, 9.17) is 4.74 Å². The van der Waals surface area contributed by atoms with Crippen molar-refractivity contribution in [3.63, 3.8) is 0 Å². The van der Waals surface area contributed by atoms with Crippen molar-refractivity contribution in [3.8, 4) is 11.5 Å². The van der Waals surface area contributed by atoms with E-state index in [1.807, 2.05) is 0 Å². The molecule has 4 heterocycles. The predicted octanol–water partition coefficient (Wildman–Crippen LogP) is 25.5. The van der Waals surface area contributed by atoms with Crippen molar-refractivity contribution in [1.29, 1.82) is 0 Å². The number of ether oxygens (including phenoxy) is 1. The van der Waals surface area contributed by atoms with Gasteiger partial charge in [0.2, 0.25) is 0 Å². The first-order chi connectivity index (χ1) is 52.6. The third-order valence-corrected chi connectivity index (χ3v) is 24.0. The monoisotopic (exact) mass is 1470 g/mol. The maximum Gasteiger partial charge on any atom is 0.256 e. The van der Waals surface area contributed by atoms with E-state index in [-0.39, 0.29) is 56.7 Å². The molecular formula is C104H113B2N5O. The zero-order valence-electron chi connectivity index (χ0n) is 71.0. The van der Waals surface area contributed by atoms with Gasteiger partial charge in [-0.15, -0.1) is 0 Å². The fourth-order valence-corrected chi connectivity index (χ4v) is 17.4. The summed E-state index contributed by atoms with van der Waals surface area (Å²) in [7, 11) is 0. The first kappa shape index (κ1) is 75.6. The molecule has 0 atom stereocenters. The Morgan fingerprint density at radius 3 is 0.946 bits per heavy atom. The molecule has 12 aromatic rings. The van der Waals surface area contributed by atoms with Crippen LogP contribution in [0, 0.1) is 0 Å². The van der Waals surface area contributed by atoms with Gasteiger partial charge in [-0.2, -0.15) is 0 Å².